The zero-order valence-corrected chi connectivity index (χ0v) is 16.9. The van der Waals surface area contributed by atoms with E-state index in [1.54, 1.807) is 36.4 Å². The van der Waals surface area contributed by atoms with E-state index in [1.807, 2.05) is 6.20 Å². The highest BCUT2D eigenvalue weighted by atomic mass is 16.5. The summed E-state index contributed by atoms with van der Waals surface area (Å²) in [5, 5.41) is 0.859. The molecular weight excluding hydrogens is 374 g/mol. The van der Waals surface area contributed by atoms with Crippen LogP contribution in [0.1, 0.15) is 48.9 Å². The molecule has 156 valence electrons. The number of hydrogen-bond acceptors (Lipinski definition) is 3. The second-order valence-corrected chi connectivity index (χ2v) is 7.99. The molecule has 0 bridgehead atoms. The van der Waals surface area contributed by atoms with Crippen molar-refractivity contribution in [1.82, 2.24) is 14.8 Å². The monoisotopic (exact) mass is 409 g/mol. The minimum atomic E-state index is -3.19. The minimum Gasteiger partial charge on any atom is -0.494 e. The SMILES string of the molecule is [2H]C([2H])(Oc1ccc2[nH]cc(C[C@H]3CCCN3C)c2c1)C([2H])([2H])C([2H])([2H])N1Cc2ccccc2C1=O. The highest BCUT2D eigenvalue weighted by Crippen LogP contribution is 2.28. The second-order valence-electron chi connectivity index (χ2n) is 7.99. The van der Waals surface area contributed by atoms with Crippen molar-refractivity contribution >= 4 is 16.8 Å². The smallest absolute Gasteiger partial charge is 0.254 e. The number of ether oxygens (including phenoxy) is 1. The highest BCUT2D eigenvalue weighted by molar-refractivity contribution is 5.98. The van der Waals surface area contributed by atoms with Gasteiger partial charge in [0.15, 0.2) is 0 Å². The number of fused-ring (bicyclic) bond motifs is 2. The van der Waals surface area contributed by atoms with Gasteiger partial charge in [0, 0.05) is 47.2 Å². The molecule has 0 unspecified atom stereocenters. The number of nitrogens with one attached hydrogen (secondary N) is 1. The third-order valence-corrected chi connectivity index (χ3v) is 6.10. The van der Waals surface area contributed by atoms with Crippen LogP contribution in [0.15, 0.2) is 48.7 Å². The van der Waals surface area contributed by atoms with Crippen LogP contribution in [0.3, 0.4) is 0 Å². The topological polar surface area (TPSA) is 48.6 Å². The van der Waals surface area contributed by atoms with E-state index in [-0.39, 0.29) is 17.9 Å². The summed E-state index contributed by atoms with van der Waals surface area (Å²) in [4.78, 5) is 19.1. The van der Waals surface area contributed by atoms with E-state index in [0.29, 0.717) is 11.6 Å². The van der Waals surface area contributed by atoms with Gasteiger partial charge in [-0.2, -0.15) is 0 Å². The number of aromatic nitrogens is 1. The van der Waals surface area contributed by atoms with Crippen molar-refractivity contribution in [2.24, 2.45) is 0 Å². The van der Waals surface area contributed by atoms with Gasteiger partial charge in [-0.05, 0) is 74.6 Å². The Morgan fingerprint density at radius 1 is 1.27 bits per heavy atom. The molecule has 3 aromatic rings. The highest BCUT2D eigenvalue weighted by Gasteiger charge is 2.26. The Bertz CT molecular complexity index is 1310. The van der Waals surface area contributed by atoms with Crippen molar-refractivity contribution in [3.8, 4) is 5.75 Å². The van der Waals surface area contributed by atoms with E-state index >= 15 is 0 Å². The number of nitrogens with zero attached hydrogens (tertiary/aromatic N) is 2. The molecule has 1 N–H and O–H groups in total. The molecule has 5 rings (SSSR count). The van der Waals surface area contributed by atoms with Gasteiger partial charge in [-0.3, -0.25) is 4.79 Å². The normalized spacial score (nSPS) is 23.4. The van der Waals surface area contributed by atoms with Crippen LogP contribution in [0.5, 0.6) is 5.75 Å². The average molecular weight is 410 g/mol. The molecule has 5 nitrogen and oxygen atoms in total. The molecule has 1 atom stereocenters. The standard InChI is InChI=1S/C25H29N3O2/c1-27-11-4-7-20(27)14-19-16-26-24-10-9-21(15-23(19)24)30-13-5-12-28-17-18-6-2-3-8-22(18)25(28)29/h2-3,6,8-10,15-16,20,26H,4-5,7,11-14,17H2,1H3/t20-/m1/s1/i5D2,12D2,13D2. The summed E-state index contributed by atoms with van der Waals surface area (Å²) < 4.78 is 56.3. The van der Waals surface area contributed by atoms with E-state index in [1.165, 1.54) is 6.07 Å². The number of amides is 1. The van der Waals surface area contributed by atoms with E-state index in [9.17, 15) is 4.79 Å². The average Bonchev–Trinajstić information content (AvgIpc) is 3.52. The number of aromatic amines is 1. The molecule has 1 aromatic heterocycles. The maximum atomic E-state index is 12.8. The molecule has 1 fully saturated rings. The minimum absolute atomic E-state index is 0.0869. The fourth-order valence-corrected chi connectivity index (χ4v) is 4.40. The lowest BCUT2D eigenvalue weighted by molar-refractivity contribution is 0.0770. The van der Waals surface area contributed by atoms with Crippen LogP contribution in [-0.2, 0) is 13.0 Å². The predicted octanol–water partition coefficient (Wildman–Crippen LogP) is 4.23. The van der Waals surface area contributed by atoms with Crippen molar-refractivity contribution < 1.29 is 17.8 Å². The largest absolute Gasteiger partial charge is 0.494 e. The molecule has 30 heavy (non-hydrogen) atoms. The van der Waals surface area contributed by atoms with Crippen LogP contribution in [-0.4, -0.2) is 53.4 Å². The number of benzene rings is 2. The zero-order chi connectivity index (χ0) is 25.9. The molecule has 0 radical (unpaired) electrons. The lowest BCUT2D eigenvalue weighted by Gasteiger charge is -2.19. The van der Waals surface area contributed by atoms with E-state index in [4.69, 9.17) is 13.0 Å². The summed E-state index contributed by atoms with van der Waals surface area (Å²) in [6.07, 6.45) is 1.83. The van der Waals surface area contributed by atoms with Crippen molar-refractivity contribution in [3.63, 3.8) is 0 Å². The van der Waals surface area contributed by atoms with E-state index in [2.05, 4.69) is 16.9 Å². The molecule has 0 aliphatic carbocycles. The van der Waals surface area contributed by atoms with Crippen LogP contribution < -0.4 is 4.74 Å². The molecule has 3 heterocycles. The first kappa shape index (κ1) is 13.5. The molecule has 0 spiro atoms. The van der Waals surface area contributed by atoms with Gasteiger partial charge in [-0.25, -0.2) is 0 Å². The number of likely N-dealkylation sites (tertiary alicyclic amines) is 1. The van der Waals surface area contributed by atoms with Crippen LogP contribution in [0, 0.1) is 0 Å². The summed E-state index contributed by atoms with van der Waals surface area (Å²) >= 11 is 0. The van der Waals surface area contributed by atoms with Gasteiger partial charge in [-0.15, -0.1) is 0 Å². The Morgan fingerprint density at radius 3 is 3.00 bits per heavy atom. The lowest BCUT2D eigenvalue weighted by atomic mass is 10.0. The fraction of sp³-hybridized carbons (Fsp3) is 0.400. The van der Waals surface area contributed by atoms with E-state index in [0.717, 1.165) is 47.2 Å². The van der Waals surface area contributed by atoms with Gasteiger partial charge >= 0.3 is 0 Å². The summed E-state index contributed by atoms with van der Waals surface area (Å²) in [6, 6.07) is 12.0. The lowest BCUT2D eigenvalue weighted by Crippen LogP contribution is -2.26. The summed E-state index contributed by atoms with van der Waals surface area (Å²) in [6.45, 7) is -5.15. The zero-order valence-electron chi connectivity index (χ0n) is 22.9. The number of carbonyl (C=O) groups excluding carboxylic acids is 1. The molecule has 1 amide bonds. The van der Waals surface area contributed by atoms with Crippen molar-refractivity contribution in [2.45, 2.75) is 38.2 Å². The molecule has 2 aromatic carbocycles. The second kappa shape index (κ2) is 8.15. The Labute approximate surface area is 186 Å². The number of likely N-dealkylation sites (N-methyl/N-ethyl adjacent to an activating group) is 1. The number of hydrogen-bond donors (Lipinski definition) is 1. The first-order valence-electron chi connectivity index (χ1n) is 13.3. The molecule has 1 saturated heterocycles. The van der Waals surface area contributed by atoms with Crippen molar-refractivity contribution in [2.75, 3.05) is 26.6 Å². The maximum Gasteiger partial charge on any atom is 0.254 e. The maximum absolute atomic E-state index is 12.8. The van der Waals surface area contributed by atoms with Crippen LogP contribution in [0.4, 0.5) is 0 Å². The van der Waals surface area contributed by atoms with Gasteiger partial charge < -0.3 is 19.5 Å². The number of carbonyl (C=O) groups is 1. The van der Waals surface area contributed by atoms with E-state index < -0.39 is 25.3 Å². The molecule has 2 aliphatic heterocycles. The van der Waals surface area contributed by atoms with Crippen LogP contribution >= 0.6 is 0 Å². The van der Waals surface area contributed by atoms with Gasteiger partial charge in [0.25, 0.3) is 5.91 Å². The van der Waals surface area contributed by atoms with Gasteiger partial charge in [0.1, 0.15) is 5.75 Å². The van der Waals surface area contributed by atoms with Crippen LogP contribution in [0.25, 0.3) is 10.9 Å². The Morgan fingerprint density at radius 2 is 2.17 bits per heavy atom. The fourth-order valence-electron chi connectivity index (χ4n) is 4.40. The number of H-pyrrole nitrogens is 1. The van der Waals surface area contributed by atoms with Gasteiger partial charge in [0.2, 0.25) is 0 Å². The van der Waals surface area contributed by atoms with Crippen molar-refractivity contribution in [3.05, 3.63) is 65.4 Å². The first-order valence-corrected chi connectivity index (χ1v) is 10.3. The molecular formula is C25H29N3O2. The quantitative estimate of drug-likeness (QED) is 0.635. The Kier molecular flexibility index (Phi) is 3.67. The van der Waals surface area contributed by atoms with Crippen LogP contribution in [0.2, 0.25) is 0 Å². The van der Waals surface area contributed by atoms with Gasteiger partial charge in [-0.1, -0.05) is 18.2 Å². The van der Waals surface area contributed by atoms with Crippen molar-refractivity contribution in [1.29, 1.82) is 0 Å². The summed E-state index contributed by atoms with van der Waals surface area (Å²) in [5.41, 5.74) is 2.78. The molecule has 2 aliphatic rings. The first-order chi connectivity index (χ1) is 16.9. The third kappa shape index (κ3) is 3.70. The number of rotatable bonds is 7. The Hall–Kier alpha value is -2.79. The predicted molar refractivity (Wildman–Crippen MR) is 119 cm³/mol. The van der Waals surface area contributed by atoms with Gasteiger partial charge in [0.05, 0.1) is 9.30 Å². The summed E-state index contributed by atoms with van der Waals surface area (Å²) in [5.74, 6) is -0.589. The summed E-state index contributed by atoms with van der Waals surface area (Å²) in [7, 11) is 2.11. The molecule has 5 heteroatoms. The molecule has 0 saturated carbocycles. The Balaban J connectivity index is 1.40. The third-order valence-electron chi connectivity index (χ3n) is 6.10.